The lowest BCUT2D eigenvalue weighted by Gasteiger charge is -2.39. The zero-order chi connectivity index (χ0) is 29.6. The van der Waals surface area contributed by atoms with Gasteiger partial charge in [0.15, 0.2) is 23.2 Å². The number of nitrogens with one attached hydrogen (secondary N) is 1. The number of amides is 1. The molecule has 11 heteroatoms. The van der Waals surface area contributed by atoms with Crippen LogP contribution in [0.4, 0.5) is 19.0 Å². The topological polar surface area (TPSA) is 71.9 Å². The van der Waals surface area contributed by atoms with Gasteiger partial charge in [0.2, 0.25) is 6.79 Å². The molecule has 4 aromatic rings. The molecule has 4 heterocycles. The molecule has 222 valence electrons. The van der Waals surface area contributed by atoms with E-state index in [1.54, 1.807) is 23.1 Å². The Bertz CT molecular complexity index is 1560. The van der Waals surface area contributed by atoms with Gasteiger partial charge in [-0.15, -0.1) is 0 Å². The summed E-state index contributed by atoms with van der Waals surface area (Å²) < 4.78 is 54.5. The fourth-order valence-electron chi connectivity index (χ4n) is 6.26. The first kappa shape index (κ1) is 27.3. The number of benzene rings is 3. The minimum atomic E-state index is -4.55. The van der Waals surface area contributed by atoms with E-state index >= 15 is 0 Å². The Morgan fingerprint density at radius 1 is 0.860 bits per heavy atom. The normalized spacial score (nSPS) is 20.1. The summed E-state index contributed by atoms with van der Waals surface area (Å²) in [7, 11) is 0. The third-order valence-corrected chi connectivity index (χ3v) is 8.41. The number of anilines is 1. The van der Waals surface area contributed by atoms with Gasteiger partial charge in [-0.05, 0) is 28.8 Å². The van der Waals surface area contributed by atoms with Crippen LogP contribution in [0.2, 0.25) is 0 Å². The van der Waals surface area contributed by atoms with E-state index in [4.69, 9.17) is 9.47 Å². The molecule has 43 heavy (non-hydrogen) atoms. The fourth-order valence-corrected chi connectivity index (χ4v) is 6.26. The smallest absolute Gasteiger partial charge is 0.410 e. The summed E-state index contributed by atoms with van der Waals surface area (Å²) >= 11 is 0. The van der Waals surface area contributed by atoms with Crippen molar-refractivity contribution in [2.75, 3.05) is 38.3 Å². The third kappa shape index (κ3) is 5.29. The molecule has 1 saturated heterocycles. The molecule has 8 nitrogen and oxygen atoms in total. The first-order valence-electron chi connectivity index (χ1n) is 14.3. The summed E-state index contributed by atoms with van der Waals surface area (Å²) in [6.07, 6.45) is -4.82. The first-order chi connectivity index (χ1) is 20.8. The lowest BCUT2D eigenvalue weighted by molar-refractivity contribution is -0.173. The number of fused-ring (bicyclic) bond motifs is 2. The number of rotatable bonds is 5. The van der Waals surface area contributed by atoms with Gasteiger partial charge >= 0.3 is 6.18 Å². The number of carbonyl (C=O) groups excluding carboxylic acids is 1. The van der Waals surface area contributed by atoms with Crippen molar-refractivity contribution in [1.82, 2.24) is 19.6 Å². The number of nitrogens with zero attached hydrogens (tertiary/aromatic N) is 4. The number of hydrogen-bond acceptors (Lipinski definition) is 6. The standard InChI is InChI=1S/C32H30F3N5O3/c33-32(34,35)28-18-24(23-11-12-26-27(17-23)43-20-42-26)36-29-19-25(37-40(28)29)31(41)39-15-13-38(14-16-39)30(21-7-3-1-4-8-21)22-9-5-2-6-10-22/h1-12,17,19,24,28,30,36H,13-16,18,20H2/t24-,28+/m0/s1. The van der Waals surface area contributed by atoms with Crippen LogP contribution in [-0.4, -0.2) is 64.6 Å². The van der Waals surface area contributed by atoms with Crippen LogP contribution in [0.15, 0.2) is 84.9 Å². The Hall–Kier alpha value is -4.51. The van der Waals surface area contributed by atoms with Crippen molar-refractivity contribution < 1.29 is 27.4 Å². The maximum Gasteiger partial charge on any atom is 0.410 e. The molecule has 0 radical (unpaired) electrons. The predicted octanol–water partition coefficient (Wildman–Crippen LogP) is 5.82. The molecule has 7 rings (SSSR count). The number of carbonyl (C=O) groups is 1. The molecular weight excluding hydrogens is 559 g/mol. The third-order valence-electron chi connectivity index (χ3n) is 8.41. The Labute approximate surface area is 246 Å². The molecule has 1 aromatic heterocycles. The van der Waals surface area contributed by atoms with Crippen molar-refractivity contribution in [3.05, 3.63) is 107 Å². The maximum atomic E-state index is 14.3. The number of ether oxygens (including phenoxy) is 2. The van der Waals surface area contributed by atoms with Gasteiger partial charge in [0.25, 0.3) is 5.91 Å². The van der Waals surface area contributed by atoms with E-state index < -0.39 is 18.3 Å². The van der Waals surface area contributed by atoms with E-state index in [2.05, 4.69) is 39.6 Å². The molecule has 0 aliphatic carbocycles. The van der Waals surface area contributed by atoms with Crippen molar-refractivity contribution in [1.29, 1.82) is 0 Å². The zero-order valence-corrected chi connectivity index (χ0v) is 23.2. The molecule has 1 N–H and O–H groups in total. The lowest BCUT2D eigenvalue weighted by Crippen LogP contribution is -2.50. The Morgan fingerprint density at radius 3 is 2.16 bits per heavy atom. The molecule has 3 aliphatic heterocycles. The molecule has 0 bridgehead atoms. The van der Waals surface area contributed by atoms with Crippen LogP contribution in [-0.2, 0) is 0 Å². The molecule has 3 aromatic carbocycles. The van der Waals surface area contributed by atoms with Crippen molar-refractivity contribution >= 4 is 11.7 Å². The number of piperazine rings is 1. The van der Waals surface area contributed by atoms with Crippen LogP contribution in [0.3, 0.4) is 0 Å². The highest BCUT2D eigenvalue weighted by atomic mass is 19.4. The van der Waals surface area contributed by atoms with E-state index in [-0.39, 0.29) is 36.7 Å². The molecule has 1 amide bonds. The highest BCUT2D eigenvalue weighted by molar-refractivity contribution is 5.93. The Kier molecular flexibility index (Phi) is 6.97. The Balaban J connectivity index is 1.09. The molecule has 0 saturated carbocycles. The molecule has 1 fully saturated rings. The second kappa shape index (κ2) is 11.0. The summed E-state index contributed by atoms with van der Waals surface area (Å²) in [6, 6.07) is 24.5. The Morgan fingerprint density at radius 2 is 1.51 bits per heavy atom. The van der Waals surface area contributed by atoms with Crippen molar-refractivity contribution in [3.63, 3.8) is 0 Å². The highest BCUT2D eigenvalue weighted by Gasteiger charge is 2.47. The first-order valence-corrected chi connectivity index (χ1v) is 14.3. The average molecular weight is 590 g/mol. The average Bonchev–Trinajstić information content (AvgIpc) is 3.68. The van der Waals surface area contributed by atoms with E-state index in [9.17, 15) is 18.0 Å². The SMILES string of the molecule is O=C(c1cc2n(n1)[C@@H](C(F)(F)F)C[C@@H](c1ccc3c(c1)OCO3)N2)N1CCN(C(c2ccccc2)c2ccccc2)CC1. The maximum absolute atomic E-state index is 14.3. The van der Waals surface area contributed by atoms with E-state index in [0.29, 0.717) is 43.2 Å². The fraction of sp³-hybridized carbons (Fsp3) is 0.312. The van der Waals surface area contributed by atoms with Crippen LogP contribution in [0, 0.1) is 0 Å². The number of alkyl halides is 3. The van der Waals surface area contributed by atoms with Crippen LogP contribution >= 0.6 is 0 Å². The van der Waals surface area contributed by atoms with Gasteiger partial charge in [-0.2, -0.15) is 18.3 Å². The highest BCUT2D eigenvalue weighted by Crippen LogP contribution is 2.45. The van der Waals surface area contributed by atoms with Gasteiger partial charge in [-0.25, -0.2) is 4.68 Å². The van der Waals surface area contributed by atoms with Crippen LogP contribution in [0.5, 0.6) is 11.5 Å². The van der Waals surface area contributed by atoms with Gasteiger partial charge in [0, 0.05) is 38.7 Å². The van der Waals surface area contributed by atoms with Gasteiger partial charge in [0.1, 0.15) is 5.82 Å². The van der Waals surface area contributed by atoms with Gasteiger partial charge in [-0.1, -0.05) is 66.7 Å². The monoisotopic (exact) mass is 589 g/mol. The van der Waals surface area contributed by atoms with Crippen LogP contribution in [0.1, 0.15) is 51.7 Å². The molecular formula is C32H30F3N5O3. The quantitative estimate of drug-likeness (QED) is 0.317. The second-order valence-electron chi connectivity index (χ2n) is 11.0. The zero-order valence-electron chi connectivity index (χ0n) is 23.2. The van der Waals surface area contributed by atoms with Crippen molar-refractivity contribution in [3.8, 4) is 11.5 Å². The van der Waals surface area contributed by atoms with Crippen LogP contribution < -0.4 is 14.8 Å². The van der Waals surface area contributed by atoms with Crippen molar-refractivity contribution in [2.45, 2.75) is 30.7 Å². The van der Waals surface area contributed by atoms with Gasteiger partial charge in [-0.3, -0.25) is 9.69 Å². The van der Waals surface area contributed by atoms with E-state index in [1.165, 1.54) is 6.07 Å². The van der Waals surface area contributed by atoms with Crippen LogP contribution in [0.25, 0.3) is 0 Å². The second-order valence-corrected chi connectivity index (χ2v) is 11.0. The summed E-state index contributed by atoms with van der Waals surface area (Å²) in [4.78, 5) is 17.6. The van der Waals surface area contributed by atoms with E-state index in [0.717, 1.165) is 15.8 Å². The number of halogens is 3. The summed E-state index contributed by atoms with van der Waals surface area (Å²) in [5.74, 6) is 0.842. The summed E-state index contributed by atoms with van der Waals surface area (Å²) in [5.41, 5.74) is 2.97. The van der Waals surface area contributed by atoms with Crippen molar-refractivity contribution in [2.24, 2.45) is 0 Å². The minimum absolute atomic E-state index is 0.000736. The largest absolute Gasteiger partial charge is 0.454 e. The minimum Gasteiger partial charge on any atom is -0.454 e. The summed E-state index contributed by atoms with van der Waals surface area (Å²) in [5, 5.41) is 7.36. The molecule has 0 spiro atoms. The summed E-state index contributed by atoms with van der Waals surface area (Å²) in [6.45, 7) is 2.18. The predicted molar refractivity (Wildman–Crippen MR) is 153 cm³/mol. The molecule has 0 unspecified atom stereocenters. The van der Waals surface area contributed by atoms with Gasteiger partial charge < -0.3 is 19.7 Å². The number of hydrogen-bond donors (Lipinski definition) is 1. The van der Waals surface area contributed by atoms with Gasteiger partial charge in [0.05, 0.1) is 12.1 Å². The van der Waals surface area contributed by atoms with E-state index in [1.807, 2.05) is 36.4 Å². The molecule has 3 aliphatic rings. The number of aromatic nitrogens is 2. The lowest BCUT2D eigenvalue weighted by atomic mass is 9.96. The molecule has 2 atom stereocenters.